The highest BCUT2D eigenvalue weighted by Gasteiger charge is 2.27. The van der Waals surface area contributed by atoms with Crippen LogP contribution in [0.2, 0.25) is 0 Å². The standard InChI is InChI=1S/C19H24N2O4S/c1-24-19-10-6-5-9-17(19)18(21-11-13-25-14-12-21)15-20-26(22,23)16-7-3-2-4-8-16/h2-10,18,20H,11-15H2,1H3. The van der Waals surface area contributed by atoms with Gasteiger partial charge in [-0.2, -0.15) is 0 Å². The van der Waals surface area contributed by atoms with Crippen LogP contribution in [-0.2, 0) is 14.8 Å². The first-order valence-corrected chi connectivity index (χ1v) is 10.1. The number of morpholine rings is 1. The Bertz CT molecular complexity index is 805. The Morgan fingerprint density at radius 2 is 1.73 bits per heavy atom. The third-order valence-corrected chi connectivity index (χ3v) is 5.94. The lowest BCUT2D eigenvalue weighted by molar-refractivity contribution is 0.0167. The van der Waals surface area contributed by atoms with Crippen molar-refractivity contribution >= 4 is 10.0 Å². The van der Waals surface area contributed by atoms with Gasteiger partial charge in [0.2, 0.25) is 10.0 Å². The average Bonchev–Trinajstić information content (AvgIpc) is 2.70. The Hall–Kier alpha value is -1.93. The van der Waals surface area contributed by atoms with Crippen LogP contribution in [0.5, 0.6) is 5.75 Å². The van der Waals surface area contributed by atoms with Gasteiger partial charge in [-0.3, -0.25) is 4.90 Å². The molecule has 1 unspecified atom stereocenters. The molecule has 2 aromatic carbocycles. The minimum Gasteiger partial charge on any atom is -0.496 e. The summed E-state index contributed by atoms with van der Waals surface area (Å²) in [7, 11) is -1.94. The predicted molar refractivity (Wildman–Crippen MR) is 99.8 cm³/mol. The molecule has 0 saturated carbocycles. The van der Waals surface area contributed by atoms with Crippen LogP contribution in [-0.4, -0.2) is 53.3 Å². The van der Waals surface area contributed by atoms with Crippen molar-refractivity contribution in [3.05, 3.63) is 60.2 Å². The minimum atomic E-state index is -3.57. The van der Waals surface area contributed by atoms with Crippen molar-refractivity contribution in [1.29, 1.82) is 0 Å². The molecule has 1 aliphatic rings. The zero-order chi connectivity index (χ0) is 18.4. The smallest absolute Gasteiger partial charge is 0.240 e. The Balaban J connectivity index is 1.84. The second-order valence-corrected chi connectivity index (χ2v) is 7.84. The molecule has 0 amide bonds. The van der Waals surface area contributed by atoms with Gasteiger partial charge in [0.25, 0.3) is 0 Å². The molecule has 2 aromatic rings. The van der Waals surface area contributed by atoms with Gasteiger partial charge in [0.1, 0.15) is 5.75 Å². The maximum Gasteiger partial charge on any atom is 0.240 e. The number of hydrogen-bond donors (Lipinski definition) is 1. The number of methoxy groups -OCH3 is 1. The van der Waals surface area contributed by atoms with Gasteiger partial charge in [0.05, 0.1) is 31.3 Å². The second kappa shape index (κ2) is 8.64. The van der Waals surface area contributed by atoms with Gasteiger partial charge >= 0.3 is 0 Å². The lowest BCUT2D eigenvalue weighted by atomic mass is 10.0. The molecule has 1 fully saturated rings. The summed E-state index contributed by atoms with van der Waals surface area (Å²) in [5.74, 6) is 0.753. The topological polar surface area (TPSA) is 67.9 Å². The lowest BCUT2D eigenvalue weighted by Crippen LogP contribution is -2.43. The number of hydrogen-bond acceptors (Lipinski definition) is 5. The molecule has 1 heterocycles. The quantitative estimate of drug-likeness (QED) is 0.801. The maximum absolute atomic E-state index is 12.6. The molecule has 0 aliphatic carbocycles. The SMILES string of the molecule is COc1ccccc1C(CNS(=O)(=O)c1ccccc1)N1CCOCC1. The number of benzene rings is 2. The normalized spacial score (nSPS) is 17.0. The molecule has 3 rings (SSSR count). The monoisotopic (exact) mass is 376 g/mol. The molecule has 140 valence electrons. The van der Waals surface area contributed by atoms with Crippen LogP contribution in [0.3, 0.4) is 0 Å². The van der Waals surface area contributed by atoms with E-state index in [1.165, 1.54) is 0 Å². The fourth-order valence-corrected chi connectivity index (χ4v) is 4.20. The second-order valence-electron chi connectivity index (χ2n) is 6.07. The molecule has 6 nitrogen and oxygen atoms in total. The van der Waals surface area contributed by atoms with Gasteiger partial charge in [-0.05, 0) is 18.2 Å². The van der Waals surface area contributed by atoms with E-state index in [0.29, 0.717) is 13.2 Å². The van der Waals surface area contributed by atoms with E-state index in [0.717, 1.165) is 24.4 Å². The zero-order valence-corrected chi connectivity index (χ0v) is 15.6. The van der Waals surface area contributed by atoms with Crippen LogP contribution in [0.15, 0.2) is 59.5 Å². The van der Waals surface area contributed by atoms with Crippen molar-refractivity contribution in [2.75, 3.05) is 40.0 Å². The van der Waals surface area contributed by atoms with E-state index >= 15 is 0 Å². The summed E-state index contributed by atoms with van der Waals surface area (Å²) in [5.41, 5.74) is 0.965. The van der Waals surface area contributed by atoms with Crippen LogP contribution in [0.25, 0.3) is 0 Å². The molecule has 0 aromatic heterocycles. The van der Waals surface area contributed by atoms with E-state index in [2.05, 4.69) is 9.62 Å². The van der Waals surface area contributed by atoms with Crippen LogP contribution in [0.1, 0.15) is 11.6 Å². The zero-order valence-electron chi connectivity index (χ0n) is 14.8. The largest absolute Gasteiger partial charge is 0.496 e. The third-order valence-electron chi connectivity index (χ3n) is 4.50. The molecule has 1 aliphatic heterocycles. The number of nitrogens with zero attached hydrogens (tertiary/aromatic N) is 1. The average molecular weight is 376 g/mol. The van der Waals surface area contributed by atoms with E-state index in [4.69, 9.17) is 9.47 Å². The van der Waals surface area contributed by atoms with Crippen molar-refractivity contribution in [2.24, 2.45) is 0 Å². The molecule has 26 heavy (non-hydrogen) atoms. The summed E-state index contributed by atoms with van der Waals surface area (Å²) < 4.78 is 38.9. The Kier molecular flexibility index (Phi) is 6.26. The fraction of sp³-hybridized carbons (Fsp3) is 0.368. The Morgan fingerprint density at radius 3 is 2.42 bits per heavy atom. The van der Waals surface area contributed by atoms with Crippen LogP contribution in [0.4, 0.5) is 0 Å². The van der Waals surface area contributed by atoms with Crippen LogP contribution < -0.4 is 9.46 Å². The van der Waals surface area contributed by atoms with Gasteiger partial charge in [0, 0.05) is 25.2 Å². The Labute approximate surface area is 154 Å². The highest BCUT2D eigenvalue weighted by molar-refractivity contribution is 7.89. The number of para-hydroxylation sites is 1. The fourth-order valence-electron chi connectivity index (χ4n) is 3.14. The first-order valence-electron chi connectivity index (χ1n) is 8.61. The number of ether oxygens (including phenoxy) is 2. The highest BCUT2D eigenvalue weighted by Crippen LogP contribution is 2.29. The highest BCUT2D eigenvalue weighted by atomic mass is 32.2. The summed E-state index contributed by atoms with van der Waals surface area (Å²) in [6.07, 6.45) is 0. The third kappa shape index (κ3) is 4.42. The van der Waals surface area contributed by atoms with Gasteiger partial charge < -0.3 is 9.47 Å². The predicted octanol–water partition coefficient (Wildman–Crippen LogP) is 2.05. The molecule has 1 saturated heterocycles. The minimum absolute atomic E-state index is 0.131. The van der Waals surface area contributed by atoms with Gasteiger partial charge in [-0.15, -0.1) is 0 Å². The first-order chi connectivity index (χ1) is 12.6. The Morgan fingerprint density at radius 1 is 1.08 bits per heavy atom. The van der Waals surface area contributed by atoms with Crippen molar-refractivity contribution < 1.29 is 17.9 Å². The lowest BCUT2D eigenvalue weighted by Gasteiger charge is -2.35. The number of sulfonamides is 1. The van der Waals surface area contributed by atoms with Gasteiger partial charge in [-0.1, -0.05) is 36.4 Å². The van der Waals surface area contributed by atoms with Gasteiger partial charge in [0.15, 0.2) is 0 Å². The maximum atomic E-state index is 12.6. The first kappa shape index (κ1) is 18.8. The summed E-state index contributed by atoms with van der Waals surface area (Å²) in [6, 6.07) is 16.0. The molecule has 1 atom stereocenters. The van der Waals surface area contributed by atoms with E-state index in [1.54, 1.807) is 37.4 Å². The summed E-state index contributed by atoms with van der Waals surface area (Å²) >= 11 is 0. The van der Waals surface area contributed by atoms with E-state index in [-0.39, 0.29) is 17.5 Å². The van der Waals surface area contributed by atoms with Crippen LogP contribution in [0, 0.1) is 0 Å². The van der Waals surface area contributed by atoms with Crippen molar-refractivity contribution in [2.45, 2.75) is 10.9 Å². The van der Waals surface area contributed by atoms with Crippen molar-refractivity contribution in [3.8, 4) is 5.75 Å². The summed E-state index contributed by atoms with van der Waals surface area (Å²) in [6.45, 7) is 3.03. The van der Waals surface area contributed by atoms with Crippen molar-refractivity contribution in [3.63, 3.8) is 0 Å². The van der Waals surface area contributed by atoms with Crippen molar-refractivity contribution in [1.82, 2.24) is 9.62 Å². The number of nitrogens with one attached hydrogen (secondary N) is 1. The van der Waals surface area contributed by atoms with Crippen LogP contribution >= 0.6 is 0 Å². The molecule has 0 radical (unpaired) electrons. The molecule has 0 spiro atoms. The molecule has 0 bridgehead atoms. The summed E-state index contributed by atoms with van der Waals surface area (Å²) in [4.78, 5) is 2.50. The van der Waals surface area contributed by atoms with E-state index in [1.807, 2.05) is 24.3 Å². The number of rotatable bonds is 7. The molecule has 7 heteroatoms. The summed E-state index contributed by atoms with van der Waals surface area (Å²) in [5, 5.41) is 0. The molecular weight excluding hydrogens is 352 g/mol. The van der Waals surface area contributed by atoms with E-state index < -0.39 is 10.0 Å². The van der Waals surface area contributed by atoms with Gasteiger partial charge in [-0.25, -0.2) is 13.1 Å². The molecule has 1 N–H and O–H groups in total. The van der Waals surface area contributed by atoms with E-state index in [9.17, 15) is 8.42 Å². The molecular formula is C19H24N2O4S.